The normalized spacial score (nSPS) is 15.9. The fraction of sp³-hybridized carbons (Fsp3) is 0.250. The first-order valence-electron chi connectivity index (χ1n) is 6.51. The second-order valence-electron chi connectivity index (χ2n) is 5.43. The molecule has 1 aromatic carbocycles. The van der Waals surface area contributed by atoms with E-state index >= 15 is 0 Å². The van der Waals surface area contributed by atoms with E-state index in [9.17, 15) is 0 Å². The summed E-state index contributed by atoms with van der Waals surface area (Å²) >= 11 is 0. The van der Waals surface area contributed by atoms with Gasteiger partial charge in [-0.3, -0.25) is 0 Å². The van der Waals surface area contributed by atoms with Crippen molar-refractivity contribution < 1.29 is 4.74 Å². The van der Waals surface area contributed by atoms with Crippen LogP contribution in [0.3, 0.4) is 0 Å². The average Bonchev–Trinajstić information content (AvgIpc) is 2.46. The Morgan fingerprint density at radius 3 is 2.85 bits per heavy atom. The lowest BCUT2D eigenvalue weighted by Crippen LogP contribution is -2.45. The van der Waals surface area contributed by atoms with Crippen LogP contribution in [0.2, 0.25) is 0 Å². The van der Waals surface area contributed by atoms with Crippen LogP contribution in [0.5, 0.6) is 5.75 Å². The van der Waals surface area contributed by atoms with E-state index in [0.717, 1.165) is 17.3 Å². The van der Waals surface area contributed by atoms with Crippen molar-refractivity contribution in [3.63, 3.8) is 0 Å². The molecule has 3 rings (SSSR count). The molecule has 0 bridgehead atoms. The van der Waals surface area contributed by atoms with Crippen molar-refractivity contribution in [3.05, 3.63) is 48.2 Å². The predicted octanol–water partition coefficient (Wildman–Crippen LogP) is 3.26. The molecule has 1 aliphatic heterocycles. The van der Waals surface area contributed by atoms with Gasteiger partial charge in [-0.05, 0) is 44.2 Å². The van der Waals surface area contributed by atoms with Crippen LogP contribution < -0.4 is 9.64 Å². The van der Waals surface area contributed by atoms with Crippen molar-refractivity contribution >= 4 is 11.5 Å². The summed E-state index contributed by atoms with van der Waals surface area (Å²) < 4.78 is 5.99. The van der Waals surface area contributed by atoms with Crippen LogP contribution in [0.1, 0.15) is 19.4 Å². The number of pyridine rings is 1. The molecule has 0 fully saturated rings. The van der Waals surface area contributed by atoms with Crippen molar-refractivity contribution in [2.45, 2.75) is 19.4 Å². The maximum atomic E-state index is 9.07. The minimum atomic E-state index is -0.307. The fourth-order valence-electron chi connectivity index (χ4n) is 2.40. The molecule has 0 saturated carbocycles. The van der Waals surface area contributed by atoms with Gasteiger partial charge in [-0.15, -0.1) is 0 Å². The Balaban J connectivity index is 2.14. The molecule has 0 N–H and O–H groups in total. The van der Waals surface area contributed by atoms with Crippen LogP contribution in [0.15, 0.2) is 42.6 Å². The monoisotopic (exact) mass is 265 g/mol. The maximum Gasteiger partial charge on any atom is 0.144 e. The number of nitrogens with zero attached hydrogens (tertiary/aromatic N) is 3. The lowest BCUT2D eigenvalue weighted by Gasteiger charge is -2.40. The minimum absolute atomic E-state index is 0.307. The Morgan fingerprint density at radius 1 is 1.30 bits per heavy atom. The number of rotatable bonds is 1. The molecule has 0 radical (unpaired) electrons. The summed E-state index contributed by atoms with van der Waals surface area (Å²) in [6.07, 6.45) is 1.77. The molecule has 0 spiro atoms. The predicted molar refractivity (Wildman–Crippen MR) is 77.1 cm³/mol. The molecule has 4 nitrogen and oxygen atoms in total. The third-order valence-corrected chi connectivity index (χ3v) is 3.23. The zero-order valence-corrected chi connectivity index (χ0v) is 11.5. The summed E-state index contributed by atoms with van der Waals surface area (Å²) in [6, 6.07) is 13.5. The fourth-order valence-corrected chi connectivity index (χ4v) is 2.40. The Morgan fingerprint density at radius 2 is 2.15 bits per heavy atom. The van der Waals surface area contributed by atoms with E-state index in [2.05, 4.69) is 16.0 Å². The second-order valence-corrected chi connectivity index (χ2v) is 5.43. The van der Waals surface area contributed by atoms with Gasteiger partial charge < -0.3 is 9.64 Å². The number of hydrogen-bond donors (Lipinski definition) is 0. The van der Waals surface area contributed by atoms with E-state index in [-0.39, 0.29) is 5.60 Å². The lowest BCUT2D eigenvalue weighted by molar-refractivity contribution is 0.109. The Kier molecular flexibility index (Phi) is 2.83. The zero-order valence-electron chi connectivity index (χ0n) is 11.5. The number of nitriles is 1. The summed E-state index contributed by atoms with van der Waals surface area (Å²) in [5.41, 5.74) is 1.20. The standard InChI is InChI=1S/C16H15N3O/c1-16(2)11-19(15-5-3-4-8-18-15)13-9-12(10-17)6-7-14(13)20-16/h3-9H,11H2,1-2H3. The SMILES string of the molecule is CC1(C)CN(c2ccccn2)c2cc(C#N)ccc2O1. The highest BCUT2D eigenvalue weighted by Gasteiger charge is 2.33. The lowest BCUT2D eigenvalue weighted by atomic mass is 10.0. The van der Waals surface area contributed by atoms with Gasteiger partial charge in [0.05, 0.1) is 23.9 Å². The summed E-state index contributed by atoms with van der Waals surface area (Å²) in [4.78, 5) is 6.51. The van der Waals surface area contributed by atoms with Gasteiger partial charge in [-0.1, -0.05) is 6.07 Å². The van der Waals surface area contributed by atoms with Gasteiger partial charge in [-0.2, -0.15) is 5.26 Å². The smallest absolute Gasteiger partial charge is 0.144 e. The topological polar surface area (TPSA) is 49.2 Å². The first-order chi connectivity index (χ1) is 9.59. The van der Waals surface area contributed by atoms with E-state index in [0.29, 0.717) is 12.1 Å². The number of fused-ring (bicyclic) bond motifs is 1. The number of ether oxygens (including phenoxy) is 1. The summed E-state index contributed by atoms with van der Waals surface area (Å²) in [7, 11) is 0. The molecule has 0 atom stereocenters. The molecule has 2 heterocycles. The van der Waals surface area contributed by atoms with E-state index in [4.69, 9.17) is 10.00 Å². The van der Waals surface area contributed by atoms with Gasteiger partial charge in [0.25, 0.3) is 0 Å². The molecular formula is C16H15N3O. The highest BCUT2D eigenvalue weighted by Crippen LogP contribution is 2.40. The number of anilines is 2. The largest absolute Gasteiger partial charge is 0.484 e. The molecule has 0 unspecified atom stereocenters. The Hall–Kier alpha value is -2.54. The van der Waals surface area contributed by atoms with Crippen LogP contribution in [-0.4, -0.2) is 17.1 Å². The van der Waals surface area contributed by atoms with Gasteiger partial charge >= 0.3 is 0 Å². The number of hydrogen-bond acceptors (Lipinski definition) is 4. The molecule has 2 aromatic rings. The van der Waals surface area contributed by atoms with E-state index in [1.54, 1.807) is 12.3 Å². The highest BCUT2D eigenvalue weighted by atomic mass is 16.5. The summed E-state index contributed by atoms with van der Waals surface area (Å²) in [5.74, 6) is 1.64. The highest BCUT2D eigenvalue weighted by molar-refractivity contribution is 5.70. The van der Waals surface area contributed by atoms with Crippen LogP contribution in [0, 0.1) is 11.3 Å². The minimum Gasteiger partial charge on any atom is -0.484 e. The third kappa shape index (κ3) is 2.19. The second kappa shape index (κ2) is 4.53. The van der Waals surface area contributed by atoms with Gasteiger partial charge in [0.1, 0.15) is 17.2 Å². The Bertz CT molecular complexity index is 674. The first kappa shape index (κ1) is 12.5. The molecule has 1 aromatic heterocycles. The van der Waals surface area contributed by atoms with E-state index < -0.39 is 0 Å². The van der Waals surface area contributed by atoms with Gasteiger partial charge in [0.2, 0.25) is 0 Å². The van der Waals surface area contributed by atoms with Crippen molar-refractivity contribution in [2.75, 3.05) is 11.4 Å². The Labute approximate surface area is 118 Å². The average molecular weight is 265 g/mol. The quantitative estimate of drug-likeness (QED) is 0.794. The number of benzene rings is 1. The molecular weight excluding hydrogens is 250 g/mol. The third-order valence-electron chi connectivity index (χ3n) is 3.23. The van der Waals surface area contributed by atoms with Gasteiger partial charge in [0, 0.05) is 6.20 Å². The van der Waals surface area contributed by atoms with E-state index in [1.165, 1.54) is 0 Å². The van der Waals surface area contributed by atoms with Crippen molar-refractivity contribution in [1.29, 1.82) is 5.26 Å². The zero-order chi connectivity index (χ0) is 14.2. The van der Waals surface area contributed by atoms with Gasteiger partial charge in [-0.25, -0.2) is 4.98 Å². The van der Waals surface area contributed by atoms with Crippen LogP contribution in [-0.2, 0) is 0 Å². The molecule has 1 aliphatic rings. The molecule has 0 amide bonds. The number of aromatic nitrogens is 1. The molecule has 20 heavy (non-hydrogen) atoms. The van der Waals surface area contributed by atoms with Crippen molar-refractivity contribution in [3.8, 4) is 11.8 Å². The van der Waals surface area contributed by atoms with Crippen LogP contribution in [0.25, 0.3) is 0 Å². The van der Waals surface area contributed by atoms with Crippen molar-refractivity contribution in [2.24, 2.45) is 0 Å². The van der Waals surface area contributed by atoms with Gasteiger partial charge in [0.15, 0.2) is 0 Å². The van der Waals surface area contributed by atoms with Crippen LogP contribution >= 0.6 is 0 Å². The van der Waals surface area contributed by atoms with Crippen molar-refractivity contribution in [1.82, 2.24) is 4.98 Å². The molecule has 4 heteroatoms. The molecule has 0 saturated heterocycles. The molecule has 0 aliphatic carbocycles. The summed E-state index contributed by atoms with van der Waals surface area (Å²) in [5, 5.41) is 9.07. The maximum absolute atomic E-state index is 9.07. The summed E-state index contributed by atoms with van der Waals surface area (Å²) in [6.45, 7) is 4.78. The molecule has 100 valence electrons. The first-order valence-corrected chi connectivity index (χ1v) is 6.51. The van der Waals surface area contributed by atoms with Crippen LogP contribution in [0.4, 0.5) is 11.5 Å². The van der Waals surface area contributed by atoms with E-state index in [1.807, 2.05) is 44.2 Å².